The zero-order chi connectivity index (χ0) is 24.8. The van der Waals surface area contributed by atoms with E-state index in [-0.39, 0.29) is 24.7 Å². The lowest BCUT2D eigenvalue weighted by Crippen LogP contribution is -2.52. The lowest BCUT2D eigenvalue weighted by atomic mass is 9.79. The molecule has 0 spiro atoms. The molecule has 0 aromatic rings. The van der Waals surface area contributed by atoms with Crippen LogP contribution in [0.2, 0.25) is 0 Å². The number of nitrogens with one attached hydrogen (secondary N) is 1. The van der Waals surface area contributed by atoms with Gasteiger partial charge in [0.2, 0.25) is 0 Å². The van der Waals surface area contributed by atoms with Crippen molar-refractivity contribution in [3.05, 3.63) is 23.8 Å². The van der Waals surface area contributed by atoms with Gasteiger partial charge in [0.25, 0.3) is 0 Å². The zero-order valence-electron chi connectivity index (χ0n) is 21.1. The topological polar surface area (TPSA) is 54.0 Å². The Kier molecular flexibility index (Phi) is 9.52. The van der Waals surface area contributed by atoms with Crippen molar-refractivity contribution < 1.29 is 23.0 Å². The number of hydrogen-bond acceptors (Lipinski definition) is 6. The number of alkyl halides is 2. The Morgan fingerprint density at radius 3 is 2.69 bits per heavy atom. The summed E-state index contributed by atoms with van der Waals surface area (Å²) in [6.45, 7) is 1.55. The maximum atomic E-state index is 14.3. The van der Waals surface area contributed by atoms with Crippen molar-refractivity contribution in [2.24, 2.45) is 11.8 Å². The summed E-state index contributed by atoms with van der Waals surface area (Å²) in [6.07, 6.45) is 11.7. The van der Waals surface area contributed by atoms with Crippen molar-refractivity contribution in [2.45, 2.75) is 81.8 Å². The highest BCUT2D eigenvalue weighted by atomic mass is 32.2. The first-order valence-corrected chi connectivity index (χ1v) is 13.9. The average Bonchev–Trinajstić information content (AvgIpc) is 2.84. The van der Waals surface area contributed by atoms with E-state index in [4.69, 9.17) is 9.47 Å². The van der Waals surface area contributed by atoms with E-state index in [0.29, 0.717) is 44.9 Å². The number of halogens is 2. The third-order valence-electron chi connectivity index (χ3n) is 7.89. The Morgan fingerprint density at radius 1 is 1.26 bits per heavy atom. The molecule has 3 aliphatic carbocycles. The largest absolute Gasteiger partial charge is 0.446 e. The third kappa shape index (κ3) is 7.66. The van der Waals surface area contributed by atoms with Crippen LogP contribution in [0.3, 0.4) is 0 Å². The van der Waals surface area contributed by atoms with Crippen LogP contribution in [-0.2, 0) is 9.47 Å². The molecule has 1 heterocycles. The van der Waals surface area contributed by atoms with Gasteiger partial charge in [-0.25, -0.2) is 22.6 Å². The number of rotatable bonds is 9. The molecule has 0 radical (unpaired) electrons. The van der Waals surface area contributed by atoms with Gasteiger partial charge in [0.1, 0.15) is 18.4 Å². The molecule has 2 unspecified atom stereocenters. The fourth-order valence-electron chi connectivity index (χ4n) is 5.51. The van der Waals surface area contributed by atoms with Gasteiger partial charge in [0.15, 0.2) is 0 Å². The van der Waals surface area contributed by atoms with Gasteiger partial charge in [0.05, 0.1) is 12.7 Å². The van der Waals surface area contributed by atoms with Gasteiger partial charge in [-0.2, -0.15) is 0 Å². The molecule has 9 heteroatoms. The third-order valence-corrected chi connectivity index (χ3v) is 8.66. The summed E-state index contributed by atoms with van der Waals surface area (Å²) in [4.78, 5) is 14.4. The zero-order valence-corrected chi connectivity index (χ0v) is 21.9. The number of carbonyl (C=O) groups is 1. The van der Waals surface area contributed by atoms with Crippen LogP contribution in [0, 0.1) is 11.8 Å². The Morgan fingerprint density at radius 2 is 2.03 bits per heavy atom. The number of nitrogens with zero attached hydrogens (tertiary/aromatic N) is 2. The molecule has 35 heavy (non-hydrogen) atoms. The van der Waals surface area contributed by atoms with Crippen LogP contribution in [0.1, 0.15) is 57.8 Å². The summed E-state index contributed by atoms with van der Waals surface area (Å²) in [7, 11) is 3.98. The molecule has 1 amide bonds. The first kappa shape index (κ1) is 26.9. The summed E-state index contributed by atoms with van der Waals surface area (Å²) in [6, 6.07) is 0.211. The van der Waals surface area contributed by atoms with E-state index in [9.17, 15) is 13.6 Å². The van der Waals surface area contributed by atoms with Crippen molar-refractivity contribution >= 4 is 18.2 Å². The molecule has 1 saturated heterocycles. The van der Waals surface area contributed by atoms with Crippen LogP contribution in [0.15, 0.2) is 23.8 Å². The van der Waals surface area contributed by atoms with E-state index in [2.05, 4.69) is 10.8 Å². The number of hydrogen-bond donors (Lipinski definition) is 1. The summed E-state index contributed by atoms with van der Waals surface area (Å²) in [5.74, 6) is 0.585. The molecule has 0 aromatic carbocycles. The quantitative estimate of drug-likeness (QED) is 0.427. The molecule has 4 aliphatic rings. The lowest BCUT2D eigenvalue weighted by molar-refractivity contribution is -0.0329. The standard InChI is InChI=1S/C26H41F2N3O3S/c1-30(2)35-29-24-11-14-31(25(32)34-18-26(28)12-4-13-26)16-21(24)17-33-23-9-7-19(8-10-23)20-5-3-6-22(27)15-20/h3,5-6,19,21-24,29H,4,7-18H2,1-2H3/t19-,21-,22?,23+,24?/m0/s1. The molecule has 1 aliphatic heterocycles. The van der Waals surface area contributed by atoms with E-state index in [1.807, 2.05) is 24.5 Å². The van der Waals surface area contributed by atoms with Crippen molar-refractivity contribution in [3.8, 4) is 0 Å². The van der Waals surface area contributed by atoms with E-state index in [1.54, 1.807) is 23.1 Å². The van der Waals surface area contributed by atoms with Gasteiger partial charge < -0.3 is 14.4 Å². The van der Waals surface area contributed by atoms with Crippen LogP contribution < -0.4 is 4.72 Å². The number of amides is 1. The minimum atomic E-state index is -1.33. The number of ether oxygens (including phenoxy) is 2. The molecule has 6 nitrogen and oxygen atoms in total. The van der Waals surface area contributed by atoms with E-state index in [1.165, 1.54) is 5.57 Å². The highest BCUT2D eigenvalue weighted by molar-refractivity contribution is 7.95. The minimum absolute atomic E-state index is 0.128. The van der Waals surface area contributed by atoms with Gasteiger partial charge >= 0.3 is 6.09 Å². The van der Waals surface area contributed by atoms with Crippen molar-refractivity contribution in [2.75, 3.05) is 40.4 Å². The van der Waals surface area contributed by atoms with Gasteiger partial charge in [-0.3, -0.25) is 0 Å². The predicted octanol–water partition coefficient (Wildman–Crippen LogP) is 5.22. The normalized spacial score (nSPS) is 32.8. The van der Waals surface area contributed by atoms with Crippen molar-refractivity contribution in [3.63, 3.8) is 0 Å². The Labute approximate surface area is 213 Å². The van der Waals surface area contributed by atoms with Crippen LogP contribution in [0.5, 0.6) is 0 Å². The van der Waals surface area contributed by atoms with Gasteiger partial charge in [-0.15, -0.1) is 0 Å². The Bertz CT molecular complexity index is 769. The minimum Gasteiger partial charge on any atom is -0.446 e. The maximum absolute atomic E-state index is 14.3. The second kappa shape index (κ2) is 12.4. The molecule has 3 fully saturated rings. The highest BCUT2D eigenvalue weighted by Crippen LogP contribution is 2.37. The second-order valence-corrected chi connectivity index (χ2v) is 12.0. The SMILES string of the molecule is CN(C)SNC1CCN(C(=O)OCC2(F)CCC2)C[C@H]1CO[C@H]1CC[C@@H](C2=CC=CC(F)C2)CC1. The lowest BCUT2D eigenvalue weighted by Gasteiger charge is -2.40. The summed E-state index contributed by atoms with van der Waals surface area (Å²) in [5.41, 5.74) is -0.0873. The fourth-order valence-corrected chi connectivity index (χ4v) is 6.16. The first-order chi connectivity index (χ1) is 16.8. The predicted molar refractivity (Wildman–Crippen MR) is 135 cm³/mol. The first-order valence-electron chi connectivity index (χ1n) is 13.1. The smallest absolute Gasteiger partial charge is 0.409 e. The fraction of sp³-hybridized carbons (Fsp3) is 0.808. The van der Waals surface area contributed by atoms with Crippen LogP contribution in [-0.4, -0.2) is 79.7 Å². The molecule has 3 atom stereocenters. The number of piperidine rings is 1. The molecule has 198 valence electrons. The summed E-state index contributed by atoms with van der Waals surface area (Å²) >= 11 is 1.55. The van der Waals surface area contributed by atoms with E-state index < -0.39 is 17.9 Å². The monoisotopic (exact) mass is 513 g/mol. The summed E-state index contributed by atoms with van der Waals surface area (Å²) in [5, 5.41) is 0. The second-order valence-electron chi connectivity index (χ2n) is 10.8. The van der Waals surface area contributed by atoms with E-state index >= 15 is 0 Å². The summed E-state index contributed by atoms with van der Waals surface area (Å²) < 4.78 is 45.3. The maximum Gasteiger partial charge on any atom is 0.409 e. The van der Waals surface area contributed by atoms with Crippen LogP contribution in [0.4, 0.5) is 13.6 Å². The Hall–Kier alpha value is -1.16. The van der Waals surface area contributed by atoms with E-state index in [0.717, 1.165) is 38.5 Å². The van der Waals surface area contributed by atoms with Crippen molar-refractivity contribution in [1.29, 1.82) is 0 Å². The van der Waals surface area contributed by atoms with Crippen LogP contribution >= 0.6 is 12.1 Å². The number of carbonyl (C=O) groups excluding carboxylic acids is 1. The van der Waals surface area contributed by atoms with Gasteiger partial charge in [0, 0.05) is 43.6 Å². The van der Waals surface area contributed by atoms with Crippen LogP contribution in [0.25, 0.3) is 0 Å². The molecule has 4 rings (SSSR count). The molecule has 2 saturated carbocycles. The highest BCUT2D eigenvalue weighted by Gasteiger charge is 2.40. The number of likely N-dealkylation sites (tertiary alicyclic amines) is 1. The average molecular weight is 514 g/mol. The van der Waals surface area contributed by atoms with Gasteiger partial charge in [-0.05, 0) is 71.4 Å². The molecule has 1 N–H and O–H groups in total. The Balaban J connectivity index is 1.26. The molecule has 0 aromatic heterocycles. The molecular formula is C26H41F2N3O3S. The van der Waals surface area contributed by atoms with Gasteiger partial charge in [-0.1, -0.05) is 23.8 Å². The van der Waals surface area contributed by atoms with Crippen molar-refractivity contribution in [1.82, 2.24) is 13.9 Å². The molecule has 0 bridgehead atoms. The number of allylic oxidation sites excluding steroid dienone is 4. The molecular weight excluding hydrogens is 472 g/mol.